The van der Waals surface area contributed by atoms with Gasteiger partial charge in [0.05, 0.1) is 11.9 Å². The minimum atomic E-state index is -0.140. The minimum absolute atomic E-state index is 0.140. The van der Waals surface area contributed by atoms with Crippen LogP contribution in [0.5, 0.6) is 0 Å². The Kier molecular flexibility index (Phi) is 4.91. The number of aromatic nitrogens is 2. The number of urea groups is 1. The summed E-state index contributed by atoms with van der Waals surface area (Å²) in [5.41, 5.74) is 3.27. The van der Waals surface area contributed by atoms with Crippen molar-refractivity contribution in [3.63, 3.8) is 0 Å². The maximum atomic E-state index is 12.3. The van der Waals surface area contributed by atoms with Crippen molar-refractivity contribution < 1.29 is 4.79 Å². The maximum absolute atomic E-state index is 12.3. The number of fused-ring (bicyclic) bond motifs is 1. The van der Waals surface area contributed by atoms with Gasteiger partial charge in [-0.25, -0.2) is 4.79 Å². The summed E-state index contributed by atoms with van der Waals surface area (Å²) >= 11 is 1.75. The van der Waals surface area contributed by atoms with Crippen LogP contribution in [0, 0.1) is 0 Å². The number of nitrogens with zero attached hydrogens (tertiary/aromatic N) is 1. The number of aryl methyl sites for hydroxylation is 1. The Bertz CT molecular complexity index is 683. The van der Waals surface area contributed by atoms with Gasteiger partial charge in [0.2, 0.25) is 0 Å². The molecule has 0 spiro atoms. The number of aromatic amines is 1. The van der Waals surface area contributed by atoms with Crippen LogP contribution in [-0.2, 0) is 12.8 Å². The SMILES string of the molecule is CC(C)Sc1ccccc1NC(=O)N[C@H]1CCc2[nH]ncc2C1. The lowest BCUT2D eigenvalue weighted by Gasteiger charge is -2.23. The standard InChI is InChI=1S/C17H22N4OS/c1-11(2)23-16-6-4-3-5-15(16)20-17(22)19-13-7-8-14-12(9-13)10-18-21-14/h3-6,10-11,13H,7-9H2,1-2H3,(H,18,21)(H2,19,20,22)/t13-/m0/s1. The molecule has 1 atom stereocenters. The Morgan fingerprint density at radius 2 is 2.22 bits per heavy atom. The first-order valence-electron chi connectivity index (χ1n) is 7.96. The van der Waals surface area contributed by atoms with Gasteiger partial charge in [-0.15, -0.1) is 11.8 Å². The van der Waals surface area contributed by atoms with Crippen LogP contribution in [0.2, 0.25) is 0 Å². The molecular weight excluding hydrogens is 308 g/mol. The van der Waals surface area contributed by atoms with Crippen LogP contribution in [0.3, 0.4) is 0 Å². The number of benzene rings is 1. The lowest BCUT2D eigenvalue weighted by Crippen LogP contribution is -2.41. The summed E-state index contributed by atoms with van der Waals surface area (Å²) in [4.78, 5) is 13.4. The van der Waals surface area contributed by atoms with Crippen molar-refractivity contribution in [2.45, 2.75) is 49.3 Å². The van der Waals surface area contributed by atoms with Crippen LogP contribution in [-0.4, -0.2) is 27.5 Å². The Labute approximate surface area is 140 Å². The van der Waals surface area contributed by atoms with Crippen LogP contribution in [0.1, 0.15) is 31.5 Å². The molecule has 0 fully saturated rings. The van der Waals surface area contributed by atoms with Crippen LogP contribution in [0.15, 0.2) is 35.4 Å². The van der Waals surface area contributed by atoms with E-state index < -0.39 is 0 Å². The fourth-order valence-corrected chi connectivity index (χ4v) is 3.72. The highest BCUT2D eigenvalue weighted by Crippen LogP contribution is 2.30. The van der Waals surface area contributed by atoms with Gasteiger partial charge < -0.3 is 10.6 Å². The summed E-state index contributed by atoms with van der Waals surface area (Å²) in [5, 5.41) is 13.6. The van der Waals surface area contributed by atoms with E-state index in [0.717, 1.165) is 29.8 Å². The molecule has 1 aliphatic carbocycles. The summed E-state index contributed by atoms with van der Waals surface area (Å²) in [6, 6.07) is 7.94. The fraction of sp³-hybridized carbons (Fsp3) is 0.412. The number of H-pyrrole nitrogens is 1. The lowest BCUT2D eigenvalue weighted by molar-refractivity contribution is 0.247. The summed E-state index contributed by atoms with van der Waals surface area (Å²) in [7, 11) is 0. The predicted molar refractivity (Wildman–Crippen MR) is 94.0 cm³/mol. The Hall–Kier alpha value is -1.95. The van der Waals surface area contributed by atoms with Gasteiger partial charge in [0.1, 0.15) is 0 Å². The second-order valence-corrected chi connectivity index (χ2v) is 7.69. The third-order valence-electron chi connectivity index (χ3n) is 3.85. The second kappa shape index (κ2) is 7.08. The highest BCUT2D eigenvalue weighted by molar-refractivity contribution is 8.00. The summed E-state index contributed by atoms with van der Waals surface area (Å²) < 4.78 is 0. The molecular formula is C17H22N4OS. The molecule has 0 aliphatic heterocycles. The number of carbonyl (C=O) groups is 1. The molecule has 0 saturated heterocycles. The van der Waals surface area contributed by atoms with Gasteiger partial charge in [-0.05, 0) is 37.0 Å². The zero-order valence-corrected chi connectivity index (χ0v) is 14.2. The van der Waals surface area contributed by atoms with E-state index in [0.29, 0.717) is 5.25 Å². The van der Waals surface area contributed by atoms with E-state index in [1.165, 1.54) is 11.3 Å². The molecule has 122 valence electrons. The Balaban J connectivity index is 1.60. The molecule has 1 aromatic heterocycles. The fourth-order valence-electron chi connectivity index (χ4n) is 2.81. The van der Waals surface area contributed by atoms with Gasteiger partial charge in [0.15, 0.2) is 0 Å². The van der Waals surface area contributed by atoms with E-state index in [-0.39, 0.29) is 12.1 Å². The number of thioether (sulfide) groups is 1. The molecule has 3 N–H and O–H groups in total. The topological polar surface area (TPSA) is 69.8 Å². The van der Waals surface area contributed by atoms with Crippen molar-refractivity contribution in [3.05, 3.63) is 41.7 Å². The van der Waals surface area contributed by atoms with Gasteiger partial charge in [0.25, 0.3) is 0 Å². The molecule has 23 heavy (non-hydrogen) atoms. The highest BCUT2D eigenvalue weighted by Gasteiger charge is 2.21. The highest BCUT2D eigenvalue weighted by atomic mass is 32.2. The largest absolute Gasteiger partial charge is 0.335 e. The normalized spacial score (nSPS) is 16.9. The quantitative estimate of drug-likeness (QED) is 0.750. The van der Waals surface area contributed by atoms with E-state index >= 15 is 0 Å². The van der Waals surface area contributed by atoms with Gasteiger partial charge in [-0.1, -0.05) is 26.0 Å². The Morgan fingerprint density at radius 3 is 3.04 bits per heavy atom. The number of hydrogen-bond donors (Lipinski definition) is 3. The average molecular weight is 330 g/mol. The Morgan fingerprint density at radius 1 is 1.39 bits per heavy atom. The van der Waals surface area contributed by atoms with Gasteiger partial charge >= 0.3 is 6.03 Å². The number of hydrogen-bond acceptors (Lipinski definition) is 3. The van der Waals surface area contributed by atoms with Crippen molar-refractivity contribution >= 4 is 23.5 Å². The van der Waals surface area contributed by atoms with Gasteiger partial charge in [-0.2, -0.15) is 5.10 Å². The smallest absolute Gasteiger partial charge is 0.319 e. The summed E-state index contributed by atoms with van der Waals surface area (Å²) in [5.74, 6) is 0. The van der Waals surface area contributed by atoms with Gasteiger partial charge in [0, 0.05) is 21.9 Å². The number of carbonyl (C=O) groups excluding carboxylic acids is 1. The third-order valence-corrected chi connectivity index (χ3v) is 4.93. The monoisotopic (exact) mass is 330 g/mol. The number of nitrogens with one attached hydrogen (secondary N) is 3. The molecule has 5 nitrogen and oxygen atoms in total. The average Bonchev–Trinajstić information content (AvgIpc) is 2.96. The van der Waals surface area contributed by atoms with Crippen molar-refractivity contribution in [2.75, 3.05) is 5.32 Å². The molecule has 3 rings (SSSR count). The van der Waals surface area contributed by atoms with Crippen LogP contribution < -0.4 is 10.6 Å². The molecule has 0 radical (unpaired) electrons. The van der Waals surface area contributed by atoms with E-state index in [1.807, 2.05) is 30.5 Å². The molecule has 1 aromatic carbocycles. The number of para-hydroxylation sites is 1. The summed E-state index contributed by atoms with van der Waals surface area (Å²) in [6.07, 6.45) is 4.56. The van der Waals surface area contributed by atoms with Crippen molar-refractivity contribution in [2.24, 2.45) is 0 Å². The number of anilines is 1. The molecule has 1 aliphatic rings. The van der Waals surface area contributed by atoms with Crippen LogP contribution in [0.25, 0.3) is 0 Å². The predicted octanol–water partition coefficient (Wildman–Crippen LogP) is 3.59. The van der Waals surface area contributed by atoms with Crippen LogP contribution in [0.4, 0.5) is 10.5 Å². The second-order valence-electron chi connectivity index (χ2n) is 6.07. The summed E-state index contributed by atoms with van der Waals surface area (Å²) in [6.45, 7) is 4.29. The zero-order valence-electron chi connectivity index (χ0n) is 13.4. The molecule has 2 aromatic rings. The van der Waals surface area contributed by atoms with Crippen molar-refractivity contribution in [3.8, 4) is 0 Å². The molecule has 0 saturated carbocycles. The first kappa shape index (κ1) is 15.9. The number of amides is 2. The van der Waals surface area contributed by atoms with Crippen LogP contribution >= 0.6 is 11.8 Å². The molecule has 0 unspecified atom stereocenters. The van der Waals surface area contributed by atoms with E-state index in [1.54, 1.807) is 11.8 Å². The molecule has 2 amide bonds. The first-order valence-corrected chi connectivity index (χ1v) is 8.84. The van der Waals surface area contributed by atoms with E-state index in [9.17, 15) is 4.79 Å². The first-order chi connectivity index (χ1) is 11.1. The van der Waals surface area contributed by atoms with Crippen molar-refractivity contribution in [1.82, 2.24) is 15.5 Å². The molecule has 6 heteroatoms. The number of rotatable bonds is 4. The van der Waals surface area contributed by atoms with Crippen molar-refractivity contribution in [1.29, 1.82) is 0 Å². The zero-order chi connectivity index (χ0) is 16.2. The molecule has 0 bridgehead atoms. The van der Waals surface area contributed by atoms with E-state index in [4.69, 9.17) is 0 Å². The maximum Gasteiger partial charge on any atom is 0.319 e. The molecule has 1 heterocycles. The van der Waals surface area contributed by atoms with E-state index in [2.05, 4.69) is 34.7 Å². The van der Waals surface area contributed by atoms with Gasteiger partial charge in [-0.3, -0.25) is 5.10 Å². The third kappa shape index (κ3) is 4.07. The minimum Gasteiger partial charge on any atom is -0.335 e. The lowest BCUT2D eigenvalue weighted by atomic mass is 9.94.